The van der Waals surface area contributed by atoms with E-state index >= 15 is 0 Å². The van der Waals surface area contributed by atoms with Crippen LogP contribution in [0.25, 0.3) is 0 Å². The molecule has 1 aliphatic heterocycles. The fourth-order valence-electron chi connectivity index (χ4n) is 3.90. The van der Waals surface area contributed by atoms with Gasteiger partial charge in [-0.1, -0.05) is 33.5 Å². The van der Waals surface area contributed by atoms with Crippen LogP contribution in [0.3, 0.4) is 0 Å². The van der Waals surface area contributed by atoms with E-state index < -0.39 is 19.0 Å². The maximum atomic E-state index is 12.4. The first-order valence-electron chi connectivity index (χ1n) is 13.3. The summed E-state index contributed by atoms with van der Waals surface area (Å²) in [6, 6.07) is 7.09. The van der Waals surface area contributed by atoms with Crippen LogP contribution in [0.4, 0.5) is 21.2 Å². The van der Waals surface area contributed by atoms with E-state index in [1.54, 1.807) is 23.1 Å². The molecule has 1 N–H and O–H groups in total. The molecule has 1 fully saturated rings. The number of hydrogen-bond donors (Lipinski definition) is 1. The number of benzene rings is 1. The molecule has 0 bridgehead atoms. The monoisotopic (exact) mass is 593 g/mol. The third-order valence-corrected chi connectivity index (χ3v) is 8.86. The van der Waals surface area contributed by atoms with Gasteiger partial charge in [0.25, 0.3) is 5.69 Å². The summed E-state index contributed by atoms with van der Waals surface area (Å²) in [4.78, 5) is 37.8. The normalized spacial score (nSPS) is 14.1. The molecule has 0 atom stereocenters. The highest BCUT2D eigenvalue weighted by atomic mass is 32.1. The molecule has 2 aromatic rings. The van der Waals surface area contributed by atoms with Crippen LogP contribution >= 0.6 is 11.3 Å². The highest BCUT2D eigenvalue weighted by Gasteiger charge is 2.26. The number of nitrogens with one attached hydrogen (secondary N) is 1. The highest BCUT2D eigenvalue weighted by Crippen LogP contribution is 2.39. The lowest BCUT2D eigenvalue weighted by molar-refractivity contribution is -0.383. The van der Waals surface area contributed by atoms with Crippen molar-refractivity contribution < 1.29 is 33.5 Å². The van der Waals surface area contributed by atoms with Gasteiger partial charge < -0.3 is 29.2 Å². The molecule has 11 nitrogen and oxygen atoms in total. The predicted octanol–water partition coefficient (Wildman–Crippen LogP) is 6.54. The number of carbonyl (C=O) groups is 2. The summed E-state index contributed by atoms with van der Waals surface area (Å²) < 4.78 is 22.3. The largest absolute Gasteiger partial charge is 0.492 e. The van der Waals surface area contributed by atoms with E-state index in [9.17, 15) is 19.7 Å². The molecule has 0 saturated carbocycles. The number of rotatable bonds is 12. The fraction of sp³-hybridized carbons (Fsp3) is 0.556. The number of esters is 1. The molecule has 220 valence electrons. The van der Waals surface area contributed by atoms with Crippen LogP contribution in [-0.2, 0) is 9.47 Å². The minimum atomic E-state index is -1.35. The Morgan fingerprint density at radius 2 is 1.90 bits per heavy atom. The third-order valence-electron chi connectivity index (χ3n) is 6.14. The minimum Gasteiger partial charge on any atom is -0.492 e. The molecule has 1 saturated heterocycles. The number of nitrogens with zero attached hydrogens (tertiary/aromatic N) is 2. The number of nitro benzene ring substituents is 1. The van der Waals surface area contributed by atoms with Crippen LogP contribution in [-0.4, -0.2) is 69.5 Å². The summed E-state index contributed by atoms with van der Waals surface area (Å²) in [5.74, 6) is 0.578. The van der Waals surface area contributed by atoms with E-state index in [-0.39, 0.29) is 34.4 Å². The SMILES string of the molecule is COC(=O)c1sc(Nc2cc(OC3CCN(C(=O)OCC(C)C)CC3)ccc2[N+](=O)[O-])cc1OCC[Si](C)(C)C. The number of nitro groups is 1. The number of amides is 1. The first kappa shape index (κ1) is 31.2. The fourth-order valence-corrected chi connectivity index (χ4v) is 5.55. The molecule has 1 aromatic carbocycles. The summed E-state index contributed by atoms with van der Waals surface area (Å²) in [6.45, 7) is 12.5. The zero-order valence-corrected chi connectivity index (χ0v) is 25.8. The number of thiophene rings is 1. The zero-order chi connectivity index (χ0) is 29.4. The lowest BCUT2D eigenvalue weighted by Crippen LogP contribution is -2.42. The van der Waals surface area contributed by atoms with Crippen molar-refractivity contribution >= 4 is 47.8 Å². The van der Waals surface area contributed by atoms with Crippen molar-refractivity contribution in [3.05, 3.63) is 39.3 Å². The molecular weight excluding hydrogens is 554 g/mol. The maximum absolute atomic E-state index is 12.4. The van der Waals surface area contributed by atoms with Gasteiger partial charge in [-0.3, -0.25) is 10.1 Å². The van der Waals surface area contributed by atoms with Gasteiger partial charge in [-0.15, -0.1) is 11.3 Å². The van der Waals surface area contributed by atoms with Crippen LogP contribution < -0.4 is 14.8 Å². The van der Waals surface area contributed by atoms with Crippen LogP contribution in [0.1, 0.15) is 36.4 Å². The van der Waals surface area contributed by atoms with Gasteiger partial charge in [-0.2, -0.15) is 0 Å². The van der Waals surface area contributed by atoms with Crippen LogP contribution in [0.15, 0.2) is 24.3 Å². The number of anilines is 2. The average molecular weight is 594 g/mol. The zero-order valence-electron chi connectivity index (χ0n) is 24.0. The molecule has 13 heteroatoms. The maximum Gasteiger partial charge on any atom is 0.409 e. The summed E-state index contributed by atoms with van der Waals surface area (Å²) in [7, 11) is -0.0514. The number of methoxy groups -OCH3 is 1. The van der Waals surface area contributed by atoms with Crippen molar-refractivity contribution in [1.82, 2.24) is 4.90 Å². The average Bonchev–Trinajstić information content (AvgIpc) is 3.28. The Morgan fingerprint density at radius 3 is 2.50 bits per heavy atom. The topological polar surface area (TPSA) is 129 Å². The van der Waals surface area contributed by atoms with Gasteiger partial charge in [0.15, 0.2) is 4.88 Å². The van der Waals surface area contributed by atoms with Gasteiger partial charge in [0.05, 0.1) is 30.2 Å². The third kappa shape index (κ3) is 9.12. The lowest BCUT2D eigenvalue weighted by Gasteiger charge is -2.31. The second-order valence-corrected chi connectivity index (χ2v) is 18.0. The Morgan fingerprint density at radius 1 is 1.20 bits per heavy atom. The Hall–Kier alpha value is -3.32. The Kier molecular flexibility index (Phi) is 10.8. The lowest BCUT2D eigenvalue weighted by atomic mass is 10.1. The van der Waals surface area contributed by atoms with Crippen molar-refractivity contribution in [2.24, 2.45) is 5.92 Å². The predicted molar refractivity (Wildman–Crippen MR) is 157 cm³/mol. The molecule has 1 amide bonds. The van der Waals surface area contributed by atoms with E-state index in [1.165, 1.54) is 13.2 Å². The van der Waals surface area contributed by atoms with E-state index in [0.29, 0.717) is 55.6 Å². The van der Waals surface area contributed by atoms with E-state index in [4.69, 9.17) is 18.9 Å². The molecule has 0 spiro atoms. The summed E-state index contributed by atoms with van der Waals surface area (Å²) in [6.07, 6.45) is 0.756. The Balaban J connectivity index is 1.71. The van der Waals surface area contributed by atoms with Crippen molar-refractivity contribution in [1.29, 1.82) is 0 Å². The van der Waals surface area contributed by atoms with Gasteiger partial charge in [-0.05, 0) is 18.0 Å². The summed E-state index contributed by atoms with van der Waals surface area (Å²) in [5, 5.41) is 15.3. The molecule has 40 heavy (non-hydrogen) atoms. The highest BCUT2D eigenvalue weighted by molar-refractivity contribution is 7.18. The van der Waals surface area contributed by atoms with Gasteiger partial charge >= 0.3 is 12.1 Å². The quantitative estimate of drug-likeness (QED) is 0.126. The molecule has 0 aliphatic carbocycles. The number of ether oxygens (including phenoxy) is 4. The minimum absolute atomic E-state index is 0.135. The molecule has 1 aliphatic rings. The summed E-state index contributed by atoms with van der Waals surface area (Å²) in [5.41, 5.74) is 0.0906. The molecule has 1 aromatic heterocycles. The van der Waals surface area contributed by atoms with Crippen molar-refractivity contribution in [2.75, 3.05) is 38.7 Å². The van der Waals surface area contributed by atoms with E-state index in [0.717, 1.165) is 17.4 Å². The van der Waals surface area contributed by atoms with Crippen molar-refractivity contribution in [3.63, 3.8) is 0 Å². The molecule has 2 heterocycles. The van der Waals surface area contributed by atoms with Crippen LogP contribution in [0.2, 0.25) is 25.7 Å². The van der Waals surface area contributed by atoms with Crippen LogP contribution in [0, 0.1) is 16.0 Å². The molecule has 0 unspecified atom stereocenters. The first-order valence-corrected chi connectivity index (χ1v) is 17.9. The smallest absolute Gasteiger partial charge is 0.409 e. The van der Waals surface area contributed by atoms with Crippen molar-refractivity contribution in [3.8, 4) is 11.5 Å². The molecule has 0 radical (unpaired) electrons. The second kappa shape index (κ2) is 13.8. The van der Waals surface area contributed by atoms with Gasteiger partial charge in [0.2, 0.25) is 0 Å². The number of hydrogen-bond acceptors (Lipinski definition) is 10. The van der Waals surface area contributed by atoms with Crippen LogP contribution in [0.5, 0.6) is 11.5 Å². The van der Waals surface area contributed by atoms with Gasteiger partial charge in [0.1, 0.15) is 23.3 Å². The number of likely N-dealkylation sites (tertiary alicyclic amines) is 1. The summed E-state index contributed by atoms with van der Waals surface area (Å²) >= 11 is 1.10. The standard InChI is InChI=1S/C27H39N3O8SSi/c1-18(2)17-37-27(32)29-11-9-19(10-12-29)38-20-7-8-22(30(33)34)21(15-20)28-24-16-23(25(39-24)26(31)35-3)36-13-14-40(4,5)6/h7-8,15-16,18-19,28H,9-14,17H2,1-6H3. The van der Waals surface area contributed by atoms with E-state index in [2.05, 4.69) is 25.0 Å². The first-order chi connectivity index (χ1) is 18.9. The van der Waals surface area contributed by atoms with E-state index in [1.807, 2.05) is 13.8 Å². The molecular formula is C27H39N3O8SSi. The number of carbonyl (C=O) groups excluding carboxylic acids is 2. The Bertz CT molecular complexity index is 1190. The van der Waals surface area contributed by atoms with Gasteiger partial charge in [-0.25, -0.2) is 9.59 Å². The van der Waals surface area contributed by atoms with Crippen molar-refractivity contribution in [2.45, 2.75) is 58.5 Å². The molecule has 3 rings (SSSR count). The van der Waals surface area contributed by atoms with Gasteiger partial charge in [0, 0.05) is 52.2 Å². The Labute approximate surface area is 239 Å². The number of piperidine rings is 1. The second-order valence-electron chi connectivity index (χ2n) is 11.3.